The molecule has 158 valence electrons. The standard InChI is InChI=1S/C21H20ClNO7/c1-26-17-9-13(4-6-21(25)27-2)3-5-16(17)30-12-20(24)23-15-11-19-18(10-14(15)22)28-7-8-29-19/h3-6,9-11H,7-8,12H2,1-2H3,(H,23,24)/b6-4+. The number of esters is 1. The van der Waals surface area contributed by atoms with Crippen LogP contribution in [0, 0.1) is 0 Å². The van der Waals surface area contributed by atoms with Crippen LogP contribution in [0.1, 0.15) is 5.56 Å². The lowest BCUT2D eigenvalue weighted by Crippen LogP contribution is -2.21. The smallest absolute Gasteiger partial charge is 0.330 e. The van der Waals surface area contributed by atoms with Crippen molar-refractivity contribution in [3.05, 3.63) is 47.0 Å². The molecule has 9 heteroatoms. The third kappa shape index (κ3) is 5.36. The summed E-state index contributed by atoms with van der Waals surface area (Å²) in [6, 6.07) is 8.23. The van der Waals surface area contributed by atoms with Gasteiger partial charge >= 0.3 is 5.97 Å². The number of halogens is 1. The minimum absolute atomic E-state index is 0.265. The van der Waals surface area contributed by atoms with E-state index in [1.54, 1.807) is 36.4 Å². The number of fused-ring (bicyclic) bond motifs is 1. The molecule has 1 aliphatic rings. The molecule has 0 saturated heterocycles. The summed E-state index contributed by atoms with van der Waals surface area (Å²) in [6.07, 6.45) is 2.87. The fraction of sp³-hybridized carbons (Fsp3) is 0.238. The molecule has 3 rings (SSSR count). The van der Waals surface area contributed by atoms with Crippen molar-refractivity contribution in [3.8, 4) is 23.0 Å². The van der Waals surface area contributed by atoms with Gasteiger partial charge in [0.1, 0.15) is 13.2 Å². The van der Waals surface area contributed by atoms with E-state index in [2.05, 4.69) is 10.1 Å². The Hall–Kier alpha value is -3.39. The lowest BCUT2D eigenvalue weighted by molar-refractivity contribution is -0.134. The third-order valence-electron chi connectivity index (χ3n) is 4.07. The number of hydrogen-bond donors (Lipinski definition) is 1. The molecule has 0 bridgehead atoms. The van der Waals surface area contributed by atoms with Gasteiger partial charge in [-0.05, 0) is 23.8 Å². The molecule has 0 unspecified atom stereocenters. The molecule has 30 heavy (non-hydrogen) atoms. The summed E-state index contributed by atoms with van der Waals surface area (Å²) in [5.74, 6) is 0.947. The third-order valence-corrected chi connectivity index (χ3v) is 4.38. The van der Waals surface area contributed by atoms with Crippen LogP contribution >= 0.6 is 11.6 Å². The highest BCUT2D eigenvalue weighted by Crippen LogP contribution is 2.38. The summed E-state index contributed by atoms with van der Waals surface area (Å²) >= 11 is 6.20. The first-order chi connectivity index (χ1) is 14.5. The van der Waals surface area contributed by atoms with Gasteiger partial charge in [-0.2, -0.15) is 0 Å². The van der Waals surface area contributed by atoms with E-state index < -0.39 is 11.9 Å². The van der Waals surface area contributed by atoms with Gasteiger partial charge in [0.15, 0.2) is 29.6 Å². The summed E-state index contributed by atoms with van der Waals surface area (Å²) < 4.78 is 26.4. The number of carbonyl (C=O) groups excluding carboxylic acids is 2. The fourth-order valence-electron chi connectivity index (χ4n) is 2.63. The molecule has 0 aliphatic carbocycles. The van der Waals surface area contributed by atoms with Gasteiger partial charge in [0.25, 0.3) is 5.91 Å². The molecule has 1 N–H and O–H groups in total. The Morgan fingerprint density at radius 1 is 1.10 bits per heavy atom. The van der Waals surface area contributed by atoms with E-state index >= 15 is 0 Å². The first-order valence-electron chi connectivity index (χ1n) is 8.96. The van der Waals surface area contributed by atoms with Crippen molar-refractivity contribution in [2.75, 3.05) is 39.4 Å². The molecular formula is C21H20ClNO7. The van der Waals surface area contributed by atoms with E-state index in [4.69, 9.17) is 30.5 Å². The molecule has 1 amide bonds. The van der Waals surface area contributed by atoms with E-state index in [1.165, 1.54) is 20.3 Å². The molecule has 1 aliphatic heterocycles. The minimum atomic E-state index is -0.469. The summed E-state index contributed by atoms with van der Waals surface area (Å²) in [6.45, 7) is 0.607. The summed E-state index contributed by atoms with van der Waals surface area (Å²) in [4.78, 5) is 23.5. The Morgan fingerprint density at radius 2 is 1.83 bits per heavy atom. The highest BCUT2D eigenvalue weighted by Gasteiger charge is 2.17. The molecular weight excluding hydrogens is 414 g/mol. The summed E-state index contributed by atoms with van der Waals surface area (Å²) in [7, 11) is 2.78. The number of amides is 1. The fourth-order valence-corrected chi connectivity index (χ4v) is 2.83. The molecule has 0 spiro atoms. The molecule has 0 saturated carbocycles. The molecule has 1 heterocycles. The van der Waals surface area contributed by atoms with E-state index in [-0.39, 0.29) is 6.61 Å². The van der Waals surface area contributed by atoms with Crippen LogP contribution in [0.4, 0.5) is 5.69 Å². The number of benzene rings is 2. The molecule has 0 atom stereocenters. The number of anilines is 1. The Bertz CT molecular complexity index is 974. The largest absolute Gasteiger partial charge is 0.493 e. The van der Waals surface area contributed by atoms with Crippen molar-refractivity contribution >= 4 is 35.2 Å². The van der Waals surface area contributed by atoms with Gasteiger partial charge in [-0.1, -0.05) is 17.7 Å². The van der Waals surface area contributed by atoms with Gasteiger partial charge in [-0.3, -0.25) is 4.79 Å². The van der Waals surface area contributed by atoms with Crippen LogP contribution in [0.25, 0.3) is 6.08 Å². The zero-order valence-electron chi connectivity index (χ0n) is 16.4. The Balaban J connectivity index is 1.63. The van der Waals surface area contributed by atoms with Crippen LogP contribution in [0.5, 0.6) is 23.0 Å². The van der Waals surface area contributed by atoms with Gasteiger partial charge in [0, 0.05) is 18.2 Å². The van der Waals surface area contributed by atoms with E-state index in [1.807, 2.05) is 0 Å². The summed E-state index contributed by atoms with van der Waals surface area (Å²) in [5.41, 5.74) is 1.10. The maximum Gasteiger partial charge on any atom is 0.330 e. The van der Waals surface area contributed by atoms with E-state index in [9.17, 15) is 9.59 Å². The maximum absolute atomic E-state index is 12.3. The van der Waals surface area contributed by atoms with Gasteiger partial charge < -0.3 is 29.0 Å². The number of rotatable bonds is 7. The van der Waals surface area contributed by atoms with Gasteiger partial charge in [-0.15, -0.1) is 0 Å². The van der Waals surface area contributed by atoms with Crippen LogP contribution < -0.4 is 24.3 Å². The van der Waals surface area contributed by atoms with E-state index in [0.717, 1.165) is 0 Å². The average Bonchev–Trinajstić information content (AvgIpc) is 2.76. The van der Waals surface area contributed by atoms with Gasteiger partial charge in [0.05, 0.1) is 24.9 Å². The number of ether oxygens (including phenoxy) is 5. The maximum atomic E-state index is 12.3. The topological polar surface area (TPSA) is 92.3 Å². The van der Waals surface area contributed by atoms with Gasteiger partial charge in [0.2, 0.25) is 0 Å². The predicted molar refractivity (Wildman–Crippen MR) is 111 cm³/mol. The zero-order valence-corrected chi connectivity index (χ0v) is 17.2. The second kappa shape index (κ2) is 9.89. The molecule has 0 aromatic heterocycles. The number of hydrogen-bond acceptors (Lipinski definition) is 7. The van der Waals surface area contributed by atoms with Crippen LogP contribution in [0.2, 0.25) is 5.02 Å². The van der Waals surface area contributed by atoms with E-state index in [0.29, 0.717) is 52.5 Å². The SMILES string of the molecule is COC(=O)/C=C/c1ccc(OCC(=O)Nc2cc3c(cc2Cl)OCCO3)c(OC)c1. The second-order valence-corrected chi connectivity index (χ2v) is 6.49. The highest BCUT2D eigenvalue weighted by atomic mass is 35.5. The van der Waals surface area contributed by atoms with Crippen LogP contribution in [0.3, 0.4) is 0 Å². The van der Waals surface area contributed by atoms with Crippen molar-refractivity contribution in [1.82, 2.24) is 0 Å². The first-order valence-corrected chi connectivity index (χ1v) is 9.34. The zero-order chi connectivity index (χ0) is 21.5. The number of nitrogens with one attached hydrogen (secondary N) is 1. The first kappa shape index (κ1) is 21.3. The van der Waals surface area contributed by atoms with Crippen LogP contribution in [0.15, 0.2) is 36.4 Å². The number of methoxy groups -OCH3 is 2. The lowest BCUT2D eigenvalue weighted by atomic mass is 10.2. The van der Waals surface area contributed by atoms with Crippen molar-refractivity contribution in [3.63, 3.8) is 0 Å². The molecule has 0 radical (unpaired) electrons. The van der Waals surface area contributed by atoms with Gasteiger partial charge in [-0.25, -0.2) is 4.79 Å². The second-order valence-electron chi connectivity index (χ2n) is 6.08. The lowest BCUT2D eigenvalue weighted by Gasteiger charge is -2.20. The Kier molecular flexibility index (Phi) is 7.03. The van der Waals surface area contributed by atoms with Crippen LogP contribution in [-0.2, 0) is 14.3 Å². The minimum Gasteiger partial charge on any atom is -0.493 e. The average molecular weight is 434 g/mol. The predicted octanol–water partition coefficient (Wildman–Crippen LogP) is 3.32. The Labute approximate surface area is 178 Å². The van der Waals surface area contributed by atoms with Crippen molar-refractivity contribution in [1.29, 1.82) is 0 Å². The Morgan fingerprint density at radius 3 is 2.53 bits per heavy atom. The quantitative estimate of drug-likeness (QED) is 0.529. The highest BCUT2D eigenvalue weighted by molar-refractivity contribution is 6.34. The van der Waals surface area contributed by atoms with Crippen molar-refractivity contribution < 1.29 is 33.3 Å². The molecule has 2 aromatic rings. The number of carbonyl (C=O) groups is 2. The monoisotopic (exact) mass is 433 g/mol. The molecule has 8 nitrogen and oxygen atoms in total. The molecule has 2 aromatic carbocycles. The van der Waals surface area contributed by atoms with Crippen molar-refractivity contribution in [2.45, 2.75) is 0 Å². The van der Waals surface area contributed by atoms with Crippen molar-refractivity contribution in [2.24, 2.45) is 0 Å². The van der Waals surface area contributed by atoms with Crippen LogP contribution in [-0.4, -0.2) is 45.9 Å². The summed E-state index contributed by atoms with van der Waals surface area (Å²) in [5, 5.41) is 3.01. The normalized spacial score (nSPS) is 12.4. The molecule has 0 fully saturated rings.